The molecule has 0 radical (unpaired) electrons. The van der Waals surface area contributed by atoms with Crippen molar-refractivity contribution in [3.05, 3.63) is 0 Å². The van der Waals surface area contributed by atoms with Crippen molar-refractivity contribution in [1.82, 2.24) is 10.2 Å². The second-order valence-electron chi connectivity index (χ2n) is 6.87. The molecule has 0 aromatic heterocycles. The lowest BCUT2D eigenvalue weighted by atomic mass is 9.90. The van der Waals surface area contributed by atoms with E-state index in [2.05, 4.69) is 11.4 Å². The molecule has 1 saturated heterocycles. The van der Waals surface area contributed by atoms with Crippen molar-refractivity contribution in [1.29, 1.82) is 5.26 Å². The molecular formula is C15H27N3O3. The largest absolute Gasteiger partial charge is 0.394 e. The molecule has 1 rings (SSSR count). The highest BCUT2D eigenvalue weighted by molar-refractivity contribution is 5.79. The minimum atomic E-state index is -0.866. The zero-order chi connectivity index (χ0) is 16.3. The lowest BCUT2D eigenvalue weighted by Gasteiger charge is -2.42. The summed E-state index contributed by atoms with van der Waals surface area (Å²) in [5.41, 5.74) is -1.27. The molecule has 0 aliphatic carbocycles. The molecule has 1 aliphatic rings. The first-order valence-electron chi connectivity index (χ1n) is 7.35. The average Bonchev–Trinajstić information content (AvgIpc) is 2.35. The number of aliphatic hydroxyl groups excluding tert-OH is 1. The smallest absolute Gasteiger partial charge is 0.235 e. The van der Waals surface area contributed by atoms with Crippen LogP contribution < -0.4 is 5.32 Å². The van der Waals surface area contributed by atoms with E-state index >= 15 is 0 Å². The Bertz CT molecular complexity index is 417. The van der Waals surface area contributed by atoms with Gasteiger partial charge >= 0.3 is 0 Å². The number of nitrogens with one attached hydrogen (secondary N) is 1. The summed E-state index contributed by atoms with van der Waals surface area (Å²) in [4.78, 5) is 14.1. The van der Waals surface area contributed by atoms with Crippen LogP contribution in [-0.4, -0.2) is 59.4 Å². The average molecular weight is 297 g/mol. The van der Waals surface area contributed by atoms with E-state index in [1.165, 1.54) is 0 Å². The zero-order valence-corrected chi connectivity index (χ0v) is 13.6. The summed E-state index contributed by atoms with van der Waals surface area (Å²) < 4.78 is 5.72. The van der Waals surface area contributed by atoms with Crippen LogP contribution in [0.3, 0.4) is 0 Å². The number of morpholine rings is 1. The van der Waals surface area contributed by atoms with Crippen molar-refractivity contribution in [3.8, 4) is 6.07 Å². The van der Waals surface area contributed by atoms with Gasteiger partial charge in [-0.3, -0.25) is 9.69 Å². The second-order valence-corrected chi connectivity index (χ2v) is 6.87. The third-order valence-corrected chi connectivity index (χ3v) is 3.91. The van der Waals surface area contributed by atoms with Gasteiger partial charge in [0.1, 0.15) is 5.54 Å². The number of nitriles is 1. The quantitative estimate of drug-likeness (QED) is 0.772. The molecule has 6 heteroatoms. The van der Waals surface area contributed by atoms with Gasteiger partial charge in [-0.05, 0) is 26.7 Å². The Morgan fingerprint density at radius 1 is 1.62 bits per heavy atom. The van der Waals surface area contributed by atoms with Crippen LogP contribution in [0.5, 0.6) is 0 Å². The fraction of sp³-hybridized carbons (Fsp3) is 0.867. The summed E-state index contributed by atoms with van der Waals surface area (Å²) in [6, 6.07) is 2.17. The zero-order valence-electron chi connectivity index (χ0n) is 13.6. The molecule has 0 aromatic rings. The number of aliphatic hydroxyl groups is 1. The SMILES string of the molecule is CC(C)C(C)(C#N)NC(=O)CN1CC(CO)OC(C)(C)C1. The Labute approximate surface area is 127 Å². The molecule has 0 aromatic carbocycles. The van der Waals surface area contributed by atoms with E-state index in [1.54, 1.807) is 6.92 Å². The van der Waals surface area contributed by atoms with Crippen molar-refractivity contribution in [2.45, 2.75) is 51.9 Å². The van der Waals surface area contributed by atoms with Crippen LogP contribution in [-0.2, 0) is 9.53 Å². The van der Waals surface area contributed by atoms with Crippen LogP contribution in [0, 0.1) is 17.2 Å². The van der Waals surface area contributed by atoms with E-state index in [4.69, 9.17) is 4.74 Å². The Hall–Kier alpha value is -1.16. The summed E-state index contributed by atoms with van der Waals surface area (Å²) in [7, 11) is 0. The summed E-state index contributed by atoms with van der Waals surface area (Å²) in [6.45, 7) is 10.7. The molecule has 0 spiro atoms. The number of rotatable bonds is 5. The minimum Gasteiger partial charge on any atom is -0.394 e. The number of ether oxygens (including phenoxy) is 1. The molecule has 0 bridgehead atoms. The fourth-order valence-electron chi connectivity index (χ4n) is 2.47. The molecule has 1 fully saturated rings. The third-order valence-electron chi connectivity index (χ3n) is 3.91. The van der Waals surface area contributed by atoms with Gasteiger partial charge in [0.05, 0.1) is 30.9 Å². The first kappa shape index (κ1) is 17.9. The monoisotopic (exact) mass is 297 g/mol. The van der Waals surface area contributed by atoms with E-state index < -0.39 is 11.1 Å². The Balaban J connectivity index is 2.64. The van der Waals surface area contributed by atoms with Gasteiger partial charge in [0, 0.05) is 13.1 Å². The lowest BCUT2D eigenvalue weighted by Crippen LogP contribution is -2.57. The first-order chi connectivity index (χ1) is 9.62. The van der Waals surface area contributed by atoms with E-state index in [0.29, 0.717) is 13.1 Å². The Morgan fingerprint density at radius 3 is 2.71 bits per heavy atom. The van der Waals surface area contributed by atoms with Crippen molar-refractivity contribution in [2.75, 3.05) is 26.2 Å². The minimum absolute atomic E-state index is 0.0257. The van der Waals surface area contributed by atoms with Crippen LogP contribution in [0.2, 0.25) is 0 Å². The molecular weight excluding hydrogens is 270 g/mol. The summed E-state index contributed by atoms with van der Waals surface area (Å²) >= 11 is 0. The van der Waals surface area contributed by atoms with E-state index in [0.717, 1.165) is 0 Å². The Kier molecular flexibility index (Phi) is 5.74. The molecule has 120 valence electrons. The van der Waals surface area contributed by atoms with Crippen molar-refractivity contribution in [2.24, 2.45) is 5.92 Å². The summed E-state index contributed by atoms with van der Waals surface area (Å²) in [6.07, 6.45) is -0.283. The van der Waals surface area contributed by atoms with Crippen molar-refractivity contribution < 1.29 is 14.6 Å². The lowest BCUT2D eigenvalue weighted by molar-refractivity contribution is -0.153. The Morgan fingerprint density at radius 2 is 2.24 bits per heavy atom. The van der Waals surface area contributed by atoms with Gasteiger partial charge in [-0.15, -0.1) is 0 Å². The van der Waals surface area contributed by atoms with Gasteiger partial charge < -0.3 is 15.2 Å². The molecule has 1 amide bonds. The number of hydrogen-bond acceptors (Lipinski definition) is 5. The number of nitrogens with zero attached hydrogens (tertiary/aromatic N) is 2. The van der Waals surface area contributed by atoms with Crippen LogP contribution in [0.25, 0.3) is 0 Å². The number of hydrogen-bond donors (Lipinski definition) is 2. The molecule has 1 aliphatic heterocycles. The van der Waals surface area contributed by atoms with Gasteiger partial charge in [0.25, 0.3) is 0 Å². The van der Waals surface area contributed by atoms with Crippen LogP contribution in [0.1, 0.15) is 34.6 Å². The first-order valence-corrected chi connectivity index (χ1v) is 7.35. The third kappa shape index (κ3) is 4.95. The molecule has 2 unspecified atom stereocenters. The van der Waals surface area contributed by atoms with Crippen molar-refractivity contribution in [3.63, 3.8) is 0 Å². The van der Waals surface area contributed by atoms with Crippen LogP contribution in [0.4, 0.5) is 0 Å². The highest BCUT2D eigenvalue weighted by Crippen LogP contribution is 2.21. The van der Waals surface area contributed by atoms with Gasteiger partial charge in [-0.2, -0.15) is 5.26 Å². The van der Waals surface area contributed by atoms with E-state index in [1.807, 2.05) is 32.6 Å². The number of amides is 1. The fourth-order valence-corrected chi connectivity index (χ4v) is 2.47. The predicted molar refractivity (Wildman–Crippen MR) is 79.5 cm³/mol. The van der Waals surface area contributed by atoms with Gasteiger partial charge in [0.2, 0.25) is 5.91 Å². The van der Waals surface area contributed by atoms with Gasteiger partial charge in [0.15, 0.2) is 0 Å². The van der Waals surface area contributed by atoms with E-state index in [9.17, 15) is 15.2 Å². The summed E-state index contributed by atoms with van der Waals surface area (Å²) in [5.74, 6) is -0.153. The van der Waals surface area contributed by atoms with E-state index in [-0.39, 0.29) is 31.1 Å². The second kappa shape index (κ2) is 6.73. The molecule has 0 saturated carbocycles. The maximum absolute atomic E-state index is 12.2. The van der Waals surface area contributed by atoms with Gasteiger partial charge in [-0.1, -0.05) is 13.8 Å². The number of carbonyl (C=O) groups is 1. The topological polar surface area (TPSA) is 85.6 Å². The molecule has 1 heterocycles. The summed E-state index contributed by atoms with van der Waals surface area (Å²) in [5, 5.41) is 21.3. The standard InChI is InChI=1S/C15H27N3O3/c1-11(2)15(5,9-16)17-13(20)7-18-6-12(8-19)21-14(3,4)10-18/h11-12,19H,6-8,10H2,1-5H3,(H,17,20). The van der Waals surface area contributed by atoms with Crippen molar-refractivity contribution >= 4 is 5.91 Å². The maximum atomic E-state index is 12.2. The van der Waals surface area contributed by atoms with Crippen LogP contribution >= 0.6 is 0 Å². The molecule has 2 N–H and O–H groups in total. The molecule has 21 heavy (non-hydrogen) atoms. The maximum Gasteiger partial charge on any atom is 0.235 e. The highest BCUT2D eigenvalue weighted by atomic mass is 16.5. The predicted octanol–water partition coefficient (Wildman–Crippen LogP) is 0.513. The molecule has 2 atom stereocenters. The van der Waals surface area contributed by atoms with Crippen LogP contribution in [0.15, 0.2) is 0 Å². The molecule has 6 nitrogen and oxygen atoms in total. The van der Waals surface area contributed by atoms with Gasteiger partial charge in [-0.25, -0.2) is 0 Å². The normalized spacial score (nSPS) is 25.1. The highest BCUT2D eigenvalue weighted by Gasteiger charge is 2.35. The number of carbonyl (C=O) groups excluding carboxylic acids is 1.